The van der Waals surface area contributed by atoms with Gasteiger partial charge in [-0.1, -0.05) is 47.5 Å². The maximum absolute atomic E-state index is 13.4. The number of aryl methyl sites for hydroxylation is 2. The van der Waals surface area contributed by atoms with Crippen LogP contribution in [0.5, 0.6) is 0 Å². The molecular weight excluding hydrogens is 510 g/mol. The molecule has 0 unspecified atom stereocenters. The summed E-state index contributed by atoms with van der Waals surface area (Å²) in [4.78, 5) is 13.0. The van der Waals surface area contributed by atoms with Gasteiger partial charge in [-0.3, -0.25) is 4.79 Å². The second-order valence-corrected chi connectivity index (χ2v) is 12.2. The Morgan fingerprint density at radius 1 is 0.886 bits per heavy atom. The zero-order valence-electron chi connectivity index (χ0n) is 19.4. The Morgan fingerprint density at radius 3 is 2.09 bits per heavy atom. The zero-order valence-corrected chi connectivity index (χ0v) is 21.8. The number of nitrogens with zero attached hydrogens (tertiary/aromatic N) is 1. The van der Waals surface area contributed by atoms with Crippen LogP contribution in [0.15, 0.2) is 76.5 Å². The number of halogens is 1. The van der Waals surface area contributed by atoms with Crippen molar-refractivity contribution >= 4 is 43.2 Å². The summed E-state index contributed by atoms with van der Waals surface area (Å²) >= 11 is 5.91. The molecule has 35 heavy (non-hydrogen) atoms. The van der Waals surface area contributed by atoms with Crippen LogP contribution in [0.2, 0.25) is 5.02 Å². The minimum absolute atomic E-state index is 0.0000955. The van der Waals surface area contributed by atoms with Gasteiger partial charge in [0, 0.05) is 17.3 Å². The summed E-state index contributed by atoms with van der Waals surface area (Å²) in [6, 6.07) is 17.3. The van der Waals surface area contributed by atoms with Crippen molar-refractivity contribution in [3.05, 3.63) is 88.4 Å². The maximum atomic E-state index is 13.4. The Kier molecular flexibility index (Phi) is 8.34. The van der Waals surface area contributed by atoms with Crippen molar-refractivity contribution in [1.82, 2.24) is 9.03 Å². The summed E-state index contributed by atoms with van der Waals surface area (Å²) in [7, 11) is -6.48. The van der Waals surface area contributed by atoms with E-state index in [9.17, 15) is 21.6 Å². The maximum Gasteiger partial charge on any atom is 0.243 e. The van der Waals surface area contributed by atoms with Crippen molar-refractivity contribution in [2.24, 2.45) is 0 Å². The Labute approximate surface area is 211 Å². The van der Waals surface area contributed by atoms with E-state index in [1.165, 1.54) is 43.4 Å². The lowest BCUT2D eigenvalue weighted by atomic mass is 10.1. The van der Waals surface area contributed by atoms with Crippen LogP contribution in [-0.2, 0) is 31.4 Å². The number of hydrogen-bond acceptors (Lipinski definition) is 5. The quantitative estimate of drug-likeness (QED) is 0.434. The van der Waals surface area contributed by atoms with E-state index in [0.29, 0.717) is 16.1 Å². The molecule has 1 amide bonds. The molecule has 0 atom stereocenters. The second kappa shape index (κ2) is 10.9. The van der Waals surface area contributed by atoms with Gasteiger partial charge < -0.3 is 5.32 Å². The molecule has 0 fully saturated rings. The second-order valence-electron chi connectivity index (χ2n) is 7.95. The third-order valence-corrected chi connectivity index (χ3v) is 8.78. The highest BCUT2D eigenvalue weighted by molar-refractivity contribution is 7.89. The van der Waals surface area contributed by atoms with Gasteiger partial charge in [0.2, 0.25) is 26.0 Å². The molecule has 3 rings (SSSR count). The minimum Gasteiger partial charge on any atom is -0.325 e. The van der Waals surface area contributed by atoms with Crippen molar-refractivity contribution in [3.63, 3.8) is 0 Å². The van der Waals surface area contributed by atoms with Crippen LogP contribution >= 0.6 is 11.6 Å². The van der Waals surface area contributed by atoms with Crippen molar-refractivity contribution in [3.8, 4) is 0 Å². The van der Waals surface area contributed by atoms with Crippen LogP contribution < -0.4 is 10.0 Å². The predicted molar refractivity (Wildman–Crippen MR) is 136 cm³/mol. The predicted octanol–water partition coefficient (Wildman–Crippen LogP) is 3.69. The summed E-state index contributed by atoms with van der Waals surface area (Å²) in [6.45, 7) is 3.11. The van der Waals surface area contributed by atoms with Crippen molar-refractivity contribution < 1.29 is 21.6 Å². The lowest BCUT2D eigenvalue weighted by Crippen LogP contribution is -2.37. The van der Waals surface area contributed by atoms with E-state index in [1.54, 1.807) is 25.1 Å². The summed E-state index contributed by atoms with van der Waals surface area (Å²) in [5, 5.41) is 3.03. The fraction of sp³-hybridized carbons (Fsp3) is 0.208. The first kappa shape index (κ1) is 26.8. The molecule has 186 valence electrons. The van der Waals surface area contributed by atoms with Gasteiger partial charge in [0.25, 0.3) is 0 Å². The molecule has 0 saturated heterocycles. The van der Waals surface area contributed by atoms with E-state index in [0.717, 1.165) is 9.87 Å². The van der Waals surface area contributed by atoms with Gasteiger partial charge in [-0.2, -0.15) is 4.31 Å². The largest absolute Gasteiger partial charge is 0.325 e. The average molecular weight is 536 g/mol. The monoisotopic (exact) mass is 535 g/mol. The number of sulfonamides is 2. The molecule has 0 saturated carbocycles. The lowest BCUT2D eigenvalue weighted by molar-refractivity contribution is -0.116. The SMILES string of the molecule is CNS(=O)(=O)c1ccc(C)c(NC(=O)CN(Cc2ccc(C)cc2)S(=O)(=O)c2ccc(Cl)cc2)c1. The van der Waals surface area contributed by atoms with Crippen LogP contribution in [0.4, 0.5) is 5.69 Å². The number of carbonyl (C=O) groups excluding carboxylic acids is 1. The van der Waals surface area contributed by atoms with Crippen LogP contribution in [0, 0.1) is 13.8 Å². The first-order chi connectivity index (χ1) is 16.4. The van der Waals surface area contributed by atoms with E-state index in [-0.39, 0.29) is 22.0 Å². The van der Waals surface area contributed by atoms with Crippen LogP contribution in [-0.4, -0.2) is 40.6 Å². The van der Waals surface area contributed by atoms with E-state index >= 15 is 0 Å². The number of amides is 1. The third-order valence-electron chi connectivity index (χ3n) is 5.31. The first-order valence-electron chi connectivity index (χ1n) is 10.6. The molecule has 3 aromatic carbocycles. The van der Waals surface area contributed by atoms with Gasteiger partial charge >= 0.3 is 0 Å². The highest BCUT2D eigenvalue weighted by Crippen LogP contribution is 2.23. The molecule has 0 aliphatic heterocycles. The van der Waals surface area contributed by atoms with Gasteiger partial charge in [0.15, 0.2) is 0 Å². The van der Waals surface area contributed by atoms with Gasteiger partial charge in [0.05, 0.1) is 16.3 Å². The number of rotatable bonds is 9. The molecule has 11 heteroatoms. The molecule has 0 aliphatic rings. The molecule has 0 aromatic heterocycles. The van der Waals surface area contributed by atoms with Gasteiger partial charge in [-0.05, 0) is 68.4 Å². The Bertz CT molecular complexity index is 1420. The number of nitrogens with one attached hydrogen (secondary N) is 2. The summed E-state index contributed by atoms with van der Waals surface area (Å²) < 4.78 is 54.4. The Balaban J connectivity index is 1.91. The molecule has 0 aliphatic carbocycles. The molecule has 8 nitrogen and oxygen atoms in total. The Morgan fingerprint density at radius 2 is 1.49 bits per heavy atom. The lowest BCUT2D eigenvalue weighted by Gasteiger charge is -2.22. The fourth-order valence-electron chi connectivity index (χ4n) is 3.25. The molecule has 2 N–H and O–H groups in total. The fourth-order valence-corrected chi connectivity index (χ4v) is 5.52. The van der Waals surface area contributed by atoms with E-state index in [2.05, 4.69) is 10.0 Å². The van der Waals surface area contributed by atoms with E-state index in [1.807, 2.05) is 19.1 Å². The van der Waals surface area contributed by atoms with Crippen molar-refractivity contribution in [1.29, 1.82) is 0 Å². The minimum atomic E-state index is -4.05. The molecule has 0 spiro atoms. The van der Waals surface area contributed by atoms with Gasteiger partial charge in [-0.15, -0.1) is 0 Å². The smallest absolute Gasteiger partial charge is 0.243 e. The highest BCUT2D eigenvalue weighted by atomic mass is 35.5. The van der Waals surface area contributed by atoms with Crippen LogP contribution in [0.3, 0.4) is 0 Å². The summed E-state index contributed by atoms with van der Waals surface area (Å²) in [6.07, 6.45) is 0. The van der Waals surface area contributed by atoms with Crippen LogP contribution in [0.1, 0.15) is 16.7 Å². The topological polar surface area (TPSA) is 113 Å². The highest BCUT2D eigenvalue weighted by Gasteiger charge is 2.27. The normalized spacial score (nSPS) is 12.0. The molecule has 0 heterocycles. The average Bonchev–Trinajstić information content (AvgIpc) is 2.81. The molecular formula is C24H26ClN3O5S2. The molecule has 0 bridgehead atoms. The van der Waals surface area contributed by atoms with E-state index < -0.39 is 32.5 Å². The standard InChI is InChI=1S/C24H26ClN3O5S2/c1-17-4-7-19(8-5-17)15-28(35(32,33)21-12-9-20(25)10-13-21)16-24(29)27-23-14-22(11-6-18(23)2)34(30,31)26-3/h4-14,26H,15-16H2,1-3H3,(H,27,29). The molecule has 3 aromatic rings. The number of anilines is 1. The van der Waals surface area contributed by atoms with Crippen molar-refractivity contribution in [2.45, 2.75) is 30.2 Å². The zero-order chi connectivity index (χ0) is 25.8. The van der Waals surface area contributed by atoms with E-state index in [4.69, 9.17) is 11.6 Å². The number of hydrogen-bond donors (Lipinski definition) is 2. The third kappa shape index (κ3) is 6.68. The van der Waals surface area contributed by atoms with Gasteiger partial charge in [-0.25, -0.2) is 21.6 Å². The number of carbonyl (C=O) groups is 1. The first-order valence-corrected chi connectivity index (χ1v) is 13.9. The summed E-state index contributed by atoms with van der Waals surface area (Å²) in [5.41, 5.74) is 2.62. The molecule has 0 radical (unpaired) electrons. The summed E-state index contributed by atoms with van der Waals surface area (Å²) in [5.74, 6) is -0.614. The van der Waals surface area contributed by atoms with Crippen molar-refractivity contribution in [2.75, 3.05) is 18.9 Å². The Hall–Kier alpha value is -2.76. The van der Waals surface area contributed by atoms with Crippen LogP contribution in [0.25, 0.3) is 0 Å². The van der Waals surface area contributed by atoms with Gasteiger partial charge in [0.1, 0.15) is 0 Å². The number of benzene rings is 3.